The van der Waals surface area contributed by atoms with E-state index in [9.17, 15) is 0 Å². The highest BCUT2D eigenvalue weighted by Gasteiger charge is 2.20. The first-order valence-electron chi connectivity index (χ1n) is 21.0. The summed E-state index contributed by atoms with van der Waals surface area (Å²) in [6.07, 6.45) is 0. The van der Waals surface area contributed by atoms with Gasteiger partial charge in [0.25, 0.3) is 0 Å². The predicted octanol–water partition coefficient (Wildman–Crippen LogP) is 16.5. The summed E-state index contributed by atoms with van der Waals surface area (Å²) in [5, 5.41) is 2.16. The van der Waals surface area contributed by atoms with Gasteiger partial charge in [-0.1, -0.05) is 188 Å². The molecule has 0 saturated carbocycles. The minimum absolute atomic E-state index is 0.617. The molecule has 0 radical (unpaired) electrons. The molecule has 0 spiro atoms. The van der Waals surface area contributed by atoms with E-state index < -0.39 is 0 Å². The summed E-state index contributed by atoms with van der Waals surface area (Å²) in [5.74, 6) is 0.617. The molecule has 62 heavy (non-hydrogen) atoms. The normalized spacial score (nSPS) is 11.2. The molecule has 0 amide bonds. The molecule has 3 nitrogen and oxygen atoms in total. The third kappa shape index (κ3) is 7.12. The second-order valence-corrected chi connectivity index (χ2v) is 15.6. The van der Waals surface area contributed by atoms with Gasteiger partial charge < -0.3 is 9.32 Å². The maximum Gasteiger partial charge on any atom is 0.227 e. The maximum atomic E-state index is 6.35. The molecule has 0 atom stereocenters. The average Bonchev–Trinajstić information content (AvgIpc) is 3.81. The van der Waals surface area contributed by atoms with Crippen LogP contribution >= 0.6 is 0 Å². The van der Waals surface area contributed by atoms with E-state index in [-0.39, 0.29) is 0 Å². The van der Waals surface area contributed by atoms with Gasteiger partial charge in [0.15, 0.2) is 5.58 Å². The van der Waals surface area contributed by atoms with Crippen molar-refractivity contribution in [2.24, 2.45) is 0 Å². The number of anilines is 3. The molecule has 0 saturated heterocycles. The molecule has 0 aliphatic carbocycles. The molecular weight excluding hydrogens is 753 g/mol. The summed E-state index contributed by atoms with van der Waals surface area (Å²) in [6, 6.07) is 86.2. The zero-order valence-electron chi connectivity index (χ0n) is 33.9. The Labute approximate surface area is 361 Å². The molecule has 0 aliphatic heterocycles. The Balaban J connectivity index is 1.01. The van der Waals surface area contributed by atoms with E-state index in [0.29, 0.717) is 5.89 Å². The van der Waals surface area contributed by atoms with E-state index in [0.717, 1.165) is 72.3 Å². The van der Waals surface area contributed by atoms with Gasteiger partial charge in [-0.2, -0.15) is 0 Å². The van der Waals surface area contributed by atoms with Crippen LogP contribution in [0.15, 0.2) is 247 Å². The van der Waals surface area contributed by atoms with E-state index in [2.05, 4.69) is 235 Å². The first-order valence-corrected chi connectivity index (χ1v) is 21.0. The quantitative estimate of drug-likeness (QED) is 0.146. The predicted molar refractivity (Wildman–Crippen MR) is 259 cm³/mol. The van der Waals surface area contributed by atoms with E-state index in [1.807, 2.05) is 12.1 Å². The summed E-state index contributed by atoms with van der Waals surface area (Å²) >= 11 is 0. The molecule has 1 aromatic heterocycles. The number of oxazole rings is 1. The Morgan fingerprint density at radius 2 is 0.742 bits per heavy atom. The highest BCUT2D eigenvalue weighted by molar-refractivity contribution is 6.05. The molecule has 292 valence electrons. The number of fused-ring (bicyclic) bond motifs is 3. The standard InChI is InChI=1S/C59H40N2O/c1-5-13-41(14-6-1)44-21-23-48(24-22-44)59-60-58-55-37-30-49(39-51(55)31-38-57(58)62-59)50-29-36-54(47-19-11-4-12-20-47)56(40-50)61(52-32-25-45(26-33-52)42-15-7-2-8-16-42)53-34-27-46(28-35-53)43-17-9-3-10-18-43/h1-40H. The summed E-state index contributed by atoms with van der Waals surface area (Å²) in [4.78, 5) is 7.44. The topological polar surface area (TPSA) is 29.3 Å². The molecule has 3 heteroatoms. The van der Waals surface area contributed by atoms with Crippen LogP contribution in [0.3, 0.4) is 0 Å². The number of benzene rings is 10. The van der Waals surface area contributed by atoms with Gasteiger partial charge in [0, 0.05) is 27.9 Å². The summed E-state index contributed by atoms with van der Waals surface area (Å²) in [7, 11) is 0. The van der Waals surface area contributed by atoms with Gasteiger partial charge in [-0.05, 0) is 110 Å². The number of aromatic nitrogens is 1. The number of hydrogen-bond donors (Lipinski definition) is 0. The Kier molecular flexibility index (Phi) is 9.53. The first-order chi connectivity index (χ1) is 30.7. The van der Waals surface area contributed by atoms with Crippen LogP contribution in [0.2, 0.25) is 0 Å². The fourth-order valence-corrected chi connectivity index (χ4v) is 8.51. The van der Waals surface area contributed by atoms with Crippen molar-refractivity contribution in [1.29, 1.82) is 0 Å². The first kappa shape index (κ1) is 36.8. The summed E-state index contributed by atoms with van der Waals surface area (Å²) in [6.45, 7) is 0. The molecule has 1 heterocycles. The van der Waals surface area contributed by atoms with E-state index in [1.54, 1.807) is 0 Å². The highest BCUT2D eigenvalue weighted by atomic mass is 16.3. The van der Waals surface area contributed by atoms with E-state index in [4.69, 9.17) is 9.40 Å². The largest absolute Gasteiger partial charge is 0.436 e. The van der Waals surface area contributed by atoms with Gasteiger partial charge >= 0.3 is 0 Å². The maximum absolute atomic E-state index is 6.35. The summed E-state index contributed by atoms with van der Waals surface area (Å²) < 4.78 is 6.35. The Morgan fingerprint density at radius 3 is 1.27 bits per heavy atom. The van der Waals surface area contributed by atoms with E-state index in [1.165, 1.54) is 27.8 Å². The van der Waals surface area contributed by atoms with Crippen molar-refractivity contribution in [3.63, 3.8) is 0 Å². The Morgan fingerprint density at radius 1 is 0.323 bits per heavy atom. The zero-order chi connectivity index (χ0) is 41.2. The number of nitrogens with zero attached hydrogens (tertiary/aromatic N) is 2. The lowest BCUT2D eigenvalue weighted by Crippen LogP contribution is -2.11. The Hall–Kier alpha value is -8.27. The van der Waals surface area contributed by atoms with Gasteiger partial charge in [-0.25, -0.2) is 4.98 Å². The van der Waals surface area contributed by atoms with Crippen LogP contribution in [-0.2, 0) is 0 Å². The second kappa shape index (κ2) is 16.1. The van der Waals surface area contributed by atoms with Crippen LogP contribution in [0.4, 0.5) is 17.1 Å². The van der Waals surface area contributed by atoms with Gasteiger partial charge in [0.2, 0.25) is 5.89 Å². The monoisotopic (exact) mass is 792 g/mol. The van der Waals surface area contributed by atoms with Crippen molar-refractivity contribution in [3.05, 3.63) is 243 Å². The fourth-order valence-electron chi connectivity index (χ4n) is 8.51. The van der Waals surface area contributed by atoms with Crippen molar-refractivity contribution in [3.8, 4) is 67.1 Å². The number of hydrogen-bond acceptors (Lipinski definition) is 3. The molecular formula is C59H40N2O. The molecule has 0 N–H and O–H groups in total. The van der Waals surface area contributed by atoms with Gasteiger partial charge in [0.05, 0.1) is 5.69 Å². The van der Waals surface area contributed by atoms with Crippen molar-refractivity contribution in [2.45, 2.75) is 0 Å². The van der Waals surface area contributed by atoms with Gasteiger partial charge in [-0.15, -0.1) is 0 Å². The second-order valence-electron chi connectivity index (χ2n) is 15.6. The number of rotatable bonds is 9. The smallest absolute Gasteiger partial charge is 0.227 e. The van der Waals surface area contributed by atoms with Crippen LogP contribution in [0.25, 0.3) is 89.0 Å². The molecule has 11 rings (SSSR count). The van der Waals surface area contributed by atoms with Crippen molar-refractivity contribution in [2.75, 3.05) is 4.90 Å². The van der Waals surface area contributed by atoms with Crippen molar-refractivity contribution < 1.29 is 4.42 Å². The molecule has 0 fully saturated rings. The highest BCUT2D eigenvalue weighted by Crippen LogP contribution is 2.44. The molecule has 0 aliphatic rings. The minimum Gasteiger partial charge on any atom is -0.436 e. The summed E-state index contributed by atoms with van der Waals surface area (Å²) in [5.41, 5.74) is 17.4. The fraction of sp³-hybridized carbons (Fsp3) is 0. The average molecular weight is 793 g/mol. The third-order valence-electron chi connectivity index (χ3n) is 11.7. The third-order valence-corrected chi connectivity index (χ3v) is 11.7. The zero-order valence-corrected chi connectivity index (χ0v) is 33.9. The lowest BCUT2D eigenvalue weighted by Gasteiger charge is -2.29. The molecule has 11 aromatic rings. The van der Waals surface area contributed by atoms with Crippen molar-refractivity contribution in [1.82, 2.24) is 4.98 Å². The Bertz CT molecular complexity index is 3200. The molecule has 0 bridgehead atoms. The van der Waals surface area contributed by atoms with Crippen LogP contribution in [0.5, 0.6) is 0 Å². The van der Waals surface area contributed by atoms with Gasteiger partial charge in [-0.3, -0.25) is 0 Å². The minimum atomic E-state index is 0.617. The molecule has 0 unspecified atom stereocenters. The van der Waals surface area contributed by atoms with Crippen molar-refractivity contribution >= 4 is 38.9 Å². The van der Waals surface area contributed by atoms with Gasteiger partial charge in [0.1, 0.15) is 5.52 Å². The SMILES string of the molecule is c1ccc(-c2ccc(-c3nc4c(ccc5cc(-c6ccc(-c7ccccc7)c(N(c7ccc(-c8ccccc8)cc7)c7ccc(-c8ccccc8)cc7)c6)ccc54)o3)cc2)cc1. The van der Waals surface area contributed by atoms with Crippen LogP contribution in [-0.4, -0.2) is 4.98 Å². The van der Waals surface area contributed by atoms with Crippen LogP contribution < -0.4 is 4.90 Å². The lowest BCUT2D eigenvalue weighted by atomic mass is 9.95. The lowest BCUT2D eigenvalue weighted by molar-refractivity contribution is 0.620. The molecule has 10 aromatic carbocycles. The van der Waals surface area contributed by atoms with Crippen LogP contribution in [0, 0.1) is 0 Å². The van der Waals surface area contributed by atoms with E-state index >= 15 is 0 Å². The van der Waals surface area contributed by atoms with Crippen LogP contribution in [0.1, 0.15) is 0 Å².